The molecule has 3 rings (SSSR count). The number of fused-ring (bicyclic) bond motifs is 1. The Kier molecular flexibility index (Phi) is 4.81. The number of carbonyl (C=O) groups is 1. The number of halogens is 1. The Morgan fingerprint density at radius 2 is 2.09 bits per heavy atom. The van der Waals surface area contributed by atoms with E-state index in [9.17, 15) is 4.79 Å². The van der Waals surface area contributed by atoms with Crippen LogP contribution in [0, 0.1) is 0 Å². The van der Waals surface area contributed by atoms with Crippen molar-refractivity contribution in [3.8, 4) is 5.75 Å². The number of hydrogen-bond acceptors (Lipinski definition) is 4. The van der Waals surface area contributed by atoms with Gasteiger partial charge in [-0.1, -0.05) is 11.6 Å². The summed E-state index contributed by atoms with van der Waals surface area (Å²) in [6.45, 7) is 0.985. The summed E-state index contributed by atoms with van der Waals surface area (Å²) in [5.41, 5.74) is 2.87. The maximum absolute atomic E-state index is 12.5. The van der Waals surface area contributed by atoms with Crippen molar-refractivity contribution in [3.63, 3.8) is 0 Å². The second kappa shape index (κ2) is 7.00. The molecule has 23 heavy (non-hydrogen) atoms. The van der Waals surface area contributed by atoms with E-state index in [0.29, 0.717) is 29.5 Å². The van der Waals surface area contributed by atoms with Crippen molar-refractivity contribution in [3.05, 3.63) is 58.1 Å². The van der Waals surface area contributed by atoms with Crippen LogP contribution in [0.25, 0.3) is 0 Å². The van der Waals surface area contributed by atoms with Gasteiger partial charge in [0.05, 0.1) is 13.2 Å². The molecular formula is C17H16ClNO4. The molecule has 1 aliphatic rings. The molecule has 0 unspecified atom stereocenters. The van der Waals surface area contributed by atoms with E-state index in [4.69, 9.17) is 25.8 Å². The van der Waals surface area contributed by atoms with Crippen LogP contribution in [-0.4, -0.2) is 19.8 Å². The van der Waals surface area contributed by atoms with Gasteiger partial charge in [0.25, 0.3) is 5.91 Å². The summed E-state index contributed by atoms with van der Waals surface area (Å²) >= 11 is 5.85. The minimum absolute atomic E-state index is 0.208. The normalized spacial score (nSPS) is 13.1. The van der Waals surface area contributed by atoms with Crippen LogP contribution in [0.15, 0.2) is 36.4 Å². The molecule has 120 valence electrons. The first kappa shape index (κ1) is 15.8. The smallest absolute Gasteiger partial charge is 0.255 e. The van der Waals surface area contributed by atoms with Gasteiger partial charge < -0.3 is 19.5 Å². The third kappa shape index (κ3) is 3.64. The van der Waals surface area contributed by atoms with Gasteiger partial charge in [0.15, 0.2) is 6.79 Å². The largest absolute Gasteiger partial charge is 0.467 e. The van der Waals surface area contributed by atoms with Crippen LogP contribution in [0.2, 0.25) is 5.02 Å². The Hall–Kier alpha value is -2.08. The lowest BCUT2D eigenvalue weighted by atomic mass is 10.0. The Morgan fingerprint density at radius 1 is 1.30 bits per heavy atom. The molecule has 2 aromatic rings. The summed E-state index contributed by atoms with van der Waals surface area (Å²) in [4.78, 5) is 12.5. The van der Waals surface area contributed by atoms with Crippen molar-refractivity contribution in [2.75, 3.05) is 19.2 Å². The Bertz CT molecular complexity index is 715. The van der Waals surface area contributed by atoms with Gasteiger partial charge in [-0.25, -0.2) is 0 Å². The molecule has 0 saturated carbocycles. The third-order valence-electron chi connectivity index (χ3n) is 3.45. The fourth-order valence-corrected chi connectivity index (χ4v) is 2.56. The number of methoxy groups -OCH3 is 1. The highest BCUT2D eigenvalue weighted by Gasteiger charge is 2.19. The maximum atomic E-state index is 12.5. The van der Waals surface area contributed by atoms with Crippen molar-refractivity contribution in [1.29, 1.82) is 0 Å². The second-order valence-electron chi connectivity index (χ2n) is 5.13. The van der Waals surface area contributed by atoms with E-state index in [0.717, 1.165) is 16.9 Å². The van der Waals surface area contributed by atoms with Crippen LogP contribution in [0.3, 0.4) is 0 Å². The van der Waals surface area contributed by atoms with Gasteiger partial charge in [0.2, 0.25) is 0 Å². The van der Waals surface area contributed by atoms with E-state index in [1.807, 2.05) is 0 Å². The van der Waals surface area contributed by atoms with Crippen molar-refractivity contribution in [2.45, 2.75) is 13.2 Å². The first-order chi connectivity index (χ1) is 11.2. The first-order valence-electron chi connectivity index (χ1n) is 7.09. The summed E-state index contributed by atoms with van der Waals surface area (Å²) in [6.07, 6.45) is 0. The average molecular weight is 334 g/mol. The maximum Gasteiger partial charge on any atom is 0.255 e. The molecule has 0 fully saturated rings. The molecule has 1 heterocycles. The van der Waals surface area contributed by atoms with E-state index in [1.165, 1.54) is 0 Å². The Labute approximate surface area is 139 Å². The minimum atomic E-state index is -0.210. The van der Waals surface area contributed by atoms with Crippen molar-refractivity contribution in [2.24, 2.45) is 0 Å². The van der Waals surface area contributed by atoms with Gasteiger partial charge >= 0.3 is 0 Å². The summed E-state index contributed by atoms with van der Waals surface area (Å²) in [5.74, 6) is 0.527. The molecule has 1 amide bonds. The standard InChI is InChI=1S/C17H16ClNO4/c1-21-8-12-6-11(7-13-9-22-10-23-16(12)13)17(20)19-15-4-2-14(18)3-5-15/h2-7H,8-10H2,1H3,(H,19,20). The highest BCUT2D eigenvalue weighted by atomic mass is 35.5. The zero-order chi connectivity index (χ0) is 16.2. The zero-order valence-corrected chi connectivity index (χ0v) is 13.4. The van der Waals surface area contributed by atoms with E-state index in [2.05, 4.69) is 5.32 Å². The van der Waals surface area contributed by atoms with Crippen LogP contribution in [-0.2, 0) is 22.7 Å². The van der Waals surface area contributed by atoms with Crippen LogP contribution in [0.4, 0.5) is 5.69 Å². The molecule has 0 aliphatic carbocycles. The number of hydrogen-bond donors (Lipinski definition) is 1. The fraction of sp³-hybridized carbons (Fsp3) is 0.235. The molecular weight excluding hydrogens is 318 g/mol. The molecule has 0 radical (unpaired) electrons. The van der Waals surface area contributed by atoms with Crippen molar-refractivity contribution >= 4 is 23.2 Å². The van der Waals surface area contributed by atoms with Gasteiger partial charge in [-0.15, -0.1) is 0 Å². The highest BCUT2D eigenvalue weighted by molar-refractivity contribution is 6.30. The zero-order valence-electron chi connectivity index (χ0n) is 12.6. The van der Waals surface area contributed by atoms with Crippen molar-refractivity contribution < 1.29 is 19.0 Å². The van der Waals surface area contributed by atoms with E-state index < -0.39 is 0 Å². The van der Waals surface area contributed by atoms with E-state index >= 15 is 0 Å². The summed E-state index contributed by atoms with van der Waals surface area (Å²) in [6, 6.07) is 10.5. The Balaban J connectivity index is 1.87. The van der Waals surface area contributed by atoms with E-state index in [1.54, 1.807) is 43.5 Å². The molecule has 0 aromatic heterocycles. The summed E-state index contributed by atoms with van der Waals surface area (Å²) in [7, 11) is 1.60. The number of ether oxygens (including phenoxy) is 3. The van der Waals surface area contributed by atoms with Gasteiger partial charge in [-0.2, -0.15) is 0 Å². The summed E-state index contributed by atoms with van der Waals surface area (Å²) in [5, 5.41) is 3.46. The number of benzene rings is 2. The van der Waals surface area contributed by atoms with Crippen LogP contribution < -0.4 is 10.1 Å². The molecule has 1 aliphatic heterocycles. The number of carbonyl (C=O) groups excluding carboxylic acids is 1. The predicted molar refractivity (Wildman–Crippen MR) is 86.8 cm³/mol. The third-order valence-corrected chi connectivity index (χ3v) is 3.70. The summed E-state index contributed by atoms with van der Waals surface area (Å²) < 4.78 is 16.0. The molecule has 0 spiro atoms. The van der Waals surface area contributed by atoms with Gasteiger partial charge in [0.1, 0.15) is 5.75 Å². The number of anilines is 1. The Morgan fingerprint density at radius 3 is 2.83 bits per heavy atom. The molecule has 0 bridgehead atoms. The van der Waals surface area contributed by atoms with Gasteiger partial charge in [0, 0.05) is 34.5 Å². The molecule has 5 nitrogen and oxygen atoms in total. The molecule has 1 N–H and O–H groups in total. The molecule has 6 heteroatoms. The lowest BCUT2D eigenvalue weighted by Crippen LogP contribution is -2.17. The monoisotopic (exact) mass is 333 g/mol. The van der Waals surface area contributed by atoms with Gasteiger partial charge in [-0.3, -0.25) is 4.79 Å². The first-order valence-corrected chi connectivity index (χ1v) is 7.47. The van der Waals surface area contributed by atoms with Crippen molar-refractivity contribution in [1.82, 2.24) is 0 Å². The predicted octanol–water partition coefficient (Wildman–Crippen LogP) is 3.61. The minimum Gasteiger partial charge on any atom is -0.467 e. The lowest BCUT2D eigenvalue weighted by molar-refractivity contribution is -0.0180. The van der Waals surface area contributed by atoms with Crippen LogP contribution >= 0.6 is 11.6 Å². The average Bonchev–Trinajstić information content (AvgIpc) is 2.57. The SMILES string of the molecule is COCc1cc(C(=O)Nc2ccc(Cl)cc2)cc2c1OCOC2. The van der Waals surface area contributed by atoms with E-state index in [-0.39, 0.29) is 12.7 Å². The highest BCUT2D eigenvalue weighted by Crippen LogP contribution is 2.30. The topological polar surface area (TPSA) is 56.8 Å². The number of rotatable bonds is 4. The van der Waals surface area contributed by atoms with Crippen LogP contribution in [0.1, 0.15) is 21.5 Å². The molecule has 2 aromatic carbocycles. The van der Waals surface area contributed by atoms with Gasteiger partial charge in [-0.05, 0) is 36.4 Å². The molecule has 0 saturated heterocycles. The molecule has 0 atom stereocenters. The van der Waals surface area contributed by atoms with Crippen LogP contribution in [0.5, 0.6) is 5.75 Å². The number of amides is 1. The second-order valence-corrected chi connectivity index (χ2v) is 5.56. The number of nitrogens with one attached hydrogen (secondary N) is 1. The lowest BCUT2D eigenvalue weighted by Gasteiger charge is -2.21. The quantitative estimate of drug-likeness (QED) is 0.928. The fourth-order valence-electron chi connectivity index (χ4n) is 2.43.